The third kappa shape index (κ3) is 4.95. The Balaban J connectivity index is 1.81. The Labute approximate surface area is 145 Å². The normalized spacial score (nSPS) is 10.0. The summed E-state index contributed by atoms with van der Waals surface area (Å²) in [6, 6.07) is 7.61. The number of rotatable bonds is 4. The Morgan fingerprint density at radius 3 is 2.61 bits per heavy atom. The number of hydrogen-bond acceptors (Lipinski definition) is 5. The summed E-state index contributed by atoms with van der Waals surface area (Å²) >= 11 is 12.8. The van der Waals surface area contributed by atoms with Crippen LogP contribution in [0.15, 0.2) is 35.7 Å². The molecule has 0 aliphatic heterocycles. The van der Waals surface area contributed by atoms with Crippen molar-refractivity contribution in [3.8, 4) is 0 Å². The minimum absolute atomic E-state index is 0.0505. The summed E-state index contributed by atoms with van der Waals surface area (Å²) in [5, 5.41) is 2.20. The van der Waals surface area contributed by atoms with E-state index in [0.717, 1.165) is 0 Å². The van der Waals surface area contributed by atoms with Crippen molar-refractivity contribution in [1.29, 1.82) is 0 Å². The van der Waals surface area contributed by atoms with Crippen molar-refractivity contribution in [2.45, 2.75) is 0 Å². The molecule has 0 aliphatic carbocycles. The number of carbonyl (C=O) groups excluding carboxylic acids is 3. The topological polar surface area (TPSA) is 84.5 Å². The zero-order chi connectivity index (χ0) is 16.8. The first-order valence-corrected chi connectivity index (χ1v) is 7.86. The van der Waals surface area contributed by atoms with Gasteiger partial charge in [-0.1, -0.05) is 29.3 Å². The number of benzene rings is 1. The SMILES string of the molecule is O=C(COC(=O)c1cc(Cl)ccc1Cl)NNC(=O)c1cccs1. The van der Waals surface area contributed by atoms with Gasteiger partial charge in [0.1, 0.15) is 0 Å². The largest absolute Gasteiger partial charge is 0.452 e. The fraction of sp³-hybridized carbons (Fsp3) is 0.0714. The number of hydrogen-bond donors (Lipinski definition) is 2. The van der Waals surface area contributed by atoms with Crippen molar-refractivity contribution >= 4 is 52.3 Å². The summed E-state index contributed by atoms with van der Waals surface area (Å²) in [5.74, 6) is -1.95. The van der Waals surface area contributed by atoms with Gasteiger partial charge in [0.25, 0.3) is 11.8 Å². The van der Waals surface area contributed by atoms with E-state index in [0.29, 0.717) is 9.90 Å². The zero-order valence-electron chi connectivity index (χ0n) is 11.5. The zero-order valence-corrected chi connectivity index (χ0v) is 13.8. The Morgan fingerprint density at radius 1 is 1.13 bits per heavy atom. The van der Waals surface area contributed by atoms with Crippen molar-refractivity contribution in [2.24, 2.45) is 0 Å². The number of nitrogens with one attached hydrogen (secondary N) is 2. The number of hydrazine groups is 1. The molecule has 9 heteroatoms. The smallest absolute Gasteiger partial charge is 0.340 e. The van der Waals surface area contributed by atoms with Gasteiger partial charge in [-0.3, -0.25) is 20.4 Å². The Bertz CT molecular complexity index is 734. The molecule has 2 aromatic rings. The van der Waals surface area contributed by atoms with E-state index in [2.05, 4.69) is 10.9 Å². The van der Waals surface area contributed by atoms with Gasteiger partial charge in [-0.2, -0.15) is 0 Å². The molecule has 120 valence electrons. The monoisotopic (exact) mass is 372 g/mol. The summed E-state index contributed by atoms with van der Waals surface area (Å²) in [5.41, 5.74) is 4.39. The van der Waals surface area contributed by atoms with Crippen LogP contribution in [0.2, 0.25) is 10.0 Å². The van der Waals surface area contributed by atoms with Gasteiger partial charge in [0.05, 0.1) is 15.5 Å². The van der Waals surface area contributed by atoms with E-state index in [9.17, 15) is 14.4 Å². The second kappa shape index (κ2) is 7.96. The summed E-state index contributed by atoms with van der Waals surface area (Å²) in [6.07, 6.45) is 0. The van der Waals surface area contributed by atoms with Crippen LogP contribution in [-0.2, 0) is 9.53 Å². The molecule has 23 heavy (non-hydrogen) atoms. The van der Waals surface area contributed by atoms with Crippen molar-refractivity contribution in [2.75, 3.05) is 6.61 Å². The van der Waals surface area contributed by atoms with Crippen LogP contribution in [0.25, 0.3) is 0 Å². The molecule has 6 nitrogen and oxygen atoms in total. The summed E-state index contributed by atoms with van der Waals surface area (Å²) < 4.78 is 4.81. The van der Waals surface area contributed by atoms with Gasteiger partial charge in [-0.25, -0.2) is 4.79 Å². The molecule has 1 heterocycles. The summed E-state index contributed by atoms with van der Waals surface area (Å²) in [4.78, 5) is 35.4. The molecule has 0 bridgehead atoms. The number of halogens is 2. The first-order valence-electron chi connectivity index (χ1n) is 6.22. The molecule has 2 rings (SSSR count). The maximum absolute atomic E-state index is 11.8. The molecule has 1 aromatic carbocycles. The lowest BCUT2D eigenvalue weighted by Gasteiger charge is -2.08. The molecule has 0 spiro atoms. The van der Waals surface area contributed by atoms with Crippen LogP contribution >= 0.6 is 34.5 Å². The fourth-order valence-corrected chi connectivity index (χ4v) is 2.48. The average molecular weight is 373 g/mol. The third-order valence-electron chi connectivity index (χ3n) is 2.54. The summed E-state index contributed by atoms with van der Waals surface area (Å²) in [7, 11) is 0. The maximum atomic E-state index is 11.8. The van der Waals surface area contributed by atoms with Crippen molar-refractivity contribution in [3.05, 3.63) is 56.2 Å². The number of amides is 2. The quantitative estimate of drug-likeness (QED) is 0.638. The van der Waals surface area contributed by atoms with E-state index in [1.54, 1.807) is 17.5 Å². The molecule has 0 saturated heterocycles. The standard InChI is InChI=1S/C14H10Cl2N2O4S/c15-8-3-4-10(16)9(6-8)14(21)22-7-12(19)17-18-13(20)11-2-1-5-23-11/h1-6H,7H2,(H,17,19)(H,18,20). The molecule has 0 atom stereocenters. The maximum Gasteiger partial charge on any atom is 0.340 e. The number of ether oxygens (including phenoxy) is 1. The van der Waals surface area contributed by atoms with E-state index in [1.165, 1.54) is 29.5 Å². The average Bonchev–Trinajstić information content (AvgIpc) is 3.07. The molecule has 0 unspecified atom stereocenters. The lowest BCUT2D eigenvalue weighted by atomic mass is 10.2. The fourth-order valence-electron chi connectivity index (χ4n) is 1.49. The molecular formula is C14H10Cl2N2O4S. The Kier molecular flexibility index (Phi) is 5.97. The van der Waals surface area contributed by atoms with Gasteiger partial charge in [0.2, 0.25) is 0 Å². The highest BCUT2D eigenvalue weighted by molar-refractivity contribution is 7.12. The van der Waals surface area contributed by atoms with Gasteiger partial charge in [0.15, 0.2) is 6.61 Å². The van der Waals surface area contributed by atoms with E-state index in [1.807, 2.05) is 0 Å². The third-order valence-corrected chi connectivity index (χ3v) is 3.98. The van der Waals surface area contributed by atoms with Crippen LogP contribution < -0.4 is 10.9 Å². The van der Waals surface area contributed by atoms with Crippen LogP contribution in [0.4, 0.5) is 0 Å². The predicted octanol–water partition coefficient (Wildman–Crippen LogP) is 2.67. The van der Waals surface area contributed by atoms with Crippen molar-refractivity contribution < 1.29 is 19.1 Å². The highest BCUT2D eigenvalue weighted by Crippen LogP contribution is 2.21. The molecule has 2 amide bonds. The van der Waals surface area contributed by atoms with Gasteiger partial charge in [-0.15, -0.1) is 11.3 Å². The molecule has 0 aliphatic rings. The second-order valence-corrected chi connectivity index (χ2v) is 5.97. The molecular weight excluding hydrogens is 363 g/mol. The molecule has 0 radical (unpaired) electrons. The van der Waals surface area contributed by atoms with E-state index < -0.39 is 24.4 Å². The predicted molar refractivity (Wildman–Crippen MR) is 86.7 cm³/mol. The van der Waals surface area contributed by atoms with Gasteiger partial charge < -0.3 is 4.74 Å². The number of esters is 1. The Hall–Kier alpha value is -2.09. The lowest BCUT2D eigenvalue weighted by Crippen LogP contribution is -2.43. The van der Waals surface area contributed by atoms with E-state index in [-0.39, 0.29) is 10.6 Å². The summed E-state index contributed by atoms with van der Waals surface area (Å²) in [6.45, 7) is -0.577. The molecule has 0 fully saturated rings. The van der Waals surface area contributed by atoms with Gasteiger partial charge in [0, 0.05) is 5.02 Å². The van der Waals surface area contributed by atoms with Crippen LogP contribution in [-0.4, -0.2) is 24.4 Å². The van der Waals surface area contributed by atoms with Crippen molar-refractivity contribution in [1.82, 2.24) is 10.9 Å². The minimum atomic E-state index is -0.794. The second-order valence-electron chi connectivity index (χ2n) is 4.18. The number of thiophene rings is 1. The Morgan fingerprint density at radius 2 is 1.91 bits per heavy atom. The van der Waals surface area contributed by atoms with Crippen molar-refractivity contribution in [3.63, 3.8) is 0 Å². The van der Waals surface area contributed by atoms with Gasteiger partial charge in [-0.05, 0) is 29.6 Å². The molecule has 2 N–H and O–H groups in total. The van der Waals surface area contributed by atoms with Crippen LogP contribution in [0, 0.1) is 0 Å². The molecule has 0 saturated carbocycles. The van der Waals surface area contributed by atoms with Crippen LogP contribution in [0.3, 0.4) is 0 Å². The first-order chi connectivity index (χ1) is 11.0. The number of carbonyl (C=O) groups is 3. The lowest BCUT2D eigenvalue weighted by molar-refractivity contribution is -0.125. The highest BCUT2D eigenvalue weighted by atomic mass is 35.5. The first kappa shape index (κ1) is 17.3. The van der Waals surface area contributed by atoms with Crippen LogP contribution in [0.5, 0.6) is 0 Å². The van der Waals surface area contributed by atoms with E-state index >= 15 is 0 Å². The molecule has 1 aromatic heterocycles. The highest BCUT2D eigenvalue weighted by Gasteiger charge is 2.15. The minimum Gasteiger partial charge on any atom is -0.452 e. The van der Waals surface area contributed by atoms with Gasteiger partial charge >= 0.3 is 5.97 Å². The van der Waals surface area contributed by atoms with E-state index in [4.69, 9.17) is 27.9 Å². The van der Waals surface area contributed by atoms with Crippen LogP contribution in [0.1, 0.15) is 20.0 Å².